The Balaban J connectivity index is 1.96. The van der Waals surface area contributed by atoms with Crippen LogP contribution in [0.1, 0.15) is 58.8 Å². The van der Waals surface area contributed by atoms with Crippen molar-refractivity contribution in [1.82, 2.24) is 10.2 Å². The zero-order chi connectivity index (χ0) is 12.8. The minimum Gasteiger partial charge on any atom is -0.357 e. The maximum Gasteiger partial charge on any atom is 0.193 e. The summed E-state index contributed by atoms with van der Waals surface area (Å²) >= 11 is 0. The Morgan fingerprint density at radius 2 is 1.94 bits per heavy atom. The third-order valence-electron chi connectivity index (χ3n) is 4.47. The fourth-order valence-corrected chi connectivity index (χ4v) is 3.47. The van der Waals surface area contributed by atoms with Gasteiger partial charge in [0.2, 0.25) is 0 Å². The minimum atomic E-state index is 0.626. The molecule has 3 heteroatoms. The Morgan fingerprint density at radius 1 is 1.17 bits per heavy atom. The third kappa shape index (κ3) is 3.18. The lowest BCUT2D eigenvalue weighted by atomic mass is 9.73. The summed E-state index contributed by atoms with van der Waals surface area (Å²) in [6.45, 7) is 8.73. The van der Waals surface area contributed by atoms with Gasteiger partial charge in [-0.25, -0.2) is 0 Å². The number of aliphatic imine (C=N–C) groups is 1. The van der Waals surface area contributed by atoms with Crippen molar-refractivity contribution in [1.29, 1.82) is 0 Å². The zero-order valence-electron chi connectivity index (χ0n) is 12.2. The first-order valence-corrected chi connectivity index (χ1v) is 7.83. The van der Waals surface area contributed by atoms with Gasteiger partial charge < -0.3 is 10.2 Å². The number of guanidine groups is 1. The molecule has 0 atom stereocenters. The molecular weight excluding hydrogens is 222 g/mol. The monoisotopic (exact) mass is 251 g/mol. The maximum atomic E-state index is 4.72. The number of nitrogens with one attached hydrogen (secondary N) is 1. The maximum absolute atomic E-state index is 4.72. The van der Waals surface area contributed by atoms with E-state index in [1.165, 1.54) is 51.6 Å². The fourth-order valence-electron chi connectivity index (χ4n) is 3.47. The van der Waals surface area contributed by atoms with Crippen LogP contribution >= 0.6 is 0 Å². The average Bonchev–Trinajstić information content (AvgIpc) is 2.79. The molecule has 1 spiro atoms. The van der Waals surface area contributed by atoms with Crippen molar-refractivity contribution in [3.05, 3.63) is 0 Å². The molecule has 0 amide bonds. The lowest BCUT2D eigenvalue weighted by molar-refractivity contribution is 0.203. The summed E-state index contributed by atoms with van der Waals surface area (Å²) in [6.07, 6.45) is 9.73. The topological polar surface area (TPSA) is 27.6 Å². The summed E-state index contributed by atoms with van der Waals surface area (Å²) in [5.41, 5.74) is 0.626. The molecule has 0 radical (unpaired) electrons. The largest absolute Gasteiger partial charge is 0.357 e. The molecule has 1 saturated heterocycles. The zero-order valence-corrected chi connectivity index (χ0v) is 12.2. The van der Waals surface area contributed by atoms with Gasteiger partial charge in [0.25, 0.3) is 0 Å². The molecule has 0 aromatic carbocycles. The normalized spacial score (nSPS) is 23.7. The van der Waals surface area contributed by atoms with Gasteiger partial charge in [0.1, 0.15) is 0 Å². The minimum absolute atomic E-state index is 0.626. The highest BCUT2D eigenvalue weighted by molar-refractivity contribution is 5.80. The van der Waals surface area contributed by atoms with Gasteiger partial charge in [-0.15, -0.1) is 0 Å². The lowest BCUT2D eigenvalue weighted by Gasteiger charge is -2.33. The average molecular weight is 251 g/mol. The van der Waals surface area contributed by atoms with Crippen LogP contribution in [0.3, 0.4) is 0 Å². The van der Waals surface area contributed by atoms with Gasteiger partial charge in [0.15, 0.2) is 5.96 Å². The molecule has 3 nitrogen and oxygen atoms in total. The molecule has 2 aliphatic rings. The second-order valence-electron chi connectivity index (χ2n) is 5.97. The number of rotatable bonds is 3. The highest BCUT2D eigenvalue weighted by atomic mass is 15.3. The number of hydrogen-bond donors (Lipinski definition) is 1. The Hall–Kier alpha value is -0.730. The van der Waals surface area contributed by atoms with Crippen LogP contribution < -0.4 is 5.32 Å². The highest BCUT2D eigenvalue weighted by Gasteiger charge is 2.39. The van der Waals surface area contributed by atoms with E-state index in [1.807, 2.05) is 0 Å². The Morgan fingerprint density at radius 3 is 2.61 bits per heavy atom. The first-order chi connectivity index (χ1) is 8.79. The first kappa shape index (κ1) is 13.7. The molecule has 0 aromatic rings. The van der Waals surface area contributed by atoms with Gasteiger partial charge in [-0.1, -0.05) is 26.2 Å². The standard InChI is InChI=1S/C15H29N3/c1-3-11-17-14(16-4-2)18-12-10-15(13-18)8-6-5-7-9-15/h3-13H2,1-2H3,(H,16,17). The van der Waals surface area contributed by atoms with Crippen LogP contribution in [-0.4, -0.2) is 37.0 Å². The van der Waals surface area contributed by atoms with Crippen molar-refractivity contribution in [2.45, 2.75) is 58.8 Å². The second kappa shape index (κ2) is 6.44. The third-order valence-corrected chi connectivity index (χ3v) is 4.47. The first-order valence-electron chi connectivity index (χ1n) is 7.83. The number of likely N-dealkylation sites (tertiary alicyclic amines) is 1. The van der Waals surface area contributed by atoms with Gasteiger partial charge in [-0.2, -0.15) is 0 Å². The van der Waals surface area contributed by atoms with Crippen molar-refractivity contribution in [3.63, 3.8) is 0 Å². The van der Waals surface area contributed by atoms with Crippen LogP contribution in [0.2, 0.25) is 0 Å². The Kier molecular flexibility index (Phi) is 4.90. The van der Waals surface area contributed by atoms with Gasteiger partial charge >= 0.3 is 0 Å². The van der Waals surface area contributed by atoms with E-state index in [0.717, 1.165) is 25.5 Å². The van der Waals surface area contributed by atoms with E-state index in [9.17, 15) is 0 Å². The fraction of sp³-hybridized carbons (Fsp3) is 0.933. The van der Waals surface area contributed by atoms with Gasteiger partial charge in [0, 0.05) is 26.2 Å². The van der Waals surface area contributed by atoms with Crippen LogP contribution in [0, 0.1) is 5.41 Å². The van der Waals surface area contributed by atoms with Crippen LogP contribution in [0.4, 0.5) is 0 Å². The summed E-state index contributed by atoms with van der Waals surface area (Å²) in [6, 6.07) is 0. The van der Waals surface area contributed by atoms with E-state index in [-0.39, 0.29) is 0 Å². The van der Waals surface area contributed by atoms with Crippen molar-refractivity contribution in [3.8, 4) is 0 Å². The highest BCUT2D eigenvalue weighted by Crippen LogP contribution is 2.43. The number of nitrogens with zero attached hydrogens (tertiary/aromatic N) is 2. The molecule has 0 bridgehead atoms. The molecular formula is C15H29N3. The van der Waals surface area contributed by atoms with Gasteiger partial charge in [0.05, 0.1) is 0 Å². The Bertz CT molecular complexity index is 279. The number of hydrogen-bond acceptors (Lipinski definition) is 1. The van der Waals surface area contributed by atoms with Crippen molar-refractivity contribution in [2.24, 2.45) is 10.4 Å². The van der Waals surface area contributed by atoms with E-state index in [1.54, 1.807) is 0 Å². The van der Waals surface area contributed by atoms with E-state index in [0.29, 0.717) is 5.41 Å². The quantitative estimate of drug-likeness (QED) is 0.617. The molecule has 1 aliphatic heterocycles. The van der Waals surface area contributed by atoms with E-state index in [4.69, 9.17) is 4.99 Å². The summed E-state index contributed by atoms with van der Waals surface area (Å²) in [5, 5.41) is 3.46. The Labute approximate surface area is 112 Å². The van der Waals surface area contributed by atoms with Crippen LogP contribution in [0.5, 0.6) is 0 Å². The molecule has 18 heavy (non-hydrogen) atoms. The molecule has 0 unspecified atom stereocenters. The molecule has 0 aromatic heterocycles. The molecule has 2 rings (SSSR count). The predicted octanol–water partition coefficient (Wildman–Crippen LogP) is 3.02. The summed E-state index contributed by atoms with van der Waals surface area (Å²) in [4.78, 5) is 7.23. The van der Waals surface area contributed by atoms with E-state index in [2.05, 4.69) is 24.1 Å². The van der Waals surface area contributed by atoms with Crippen LogP contribution in [0.25, 0.3) is 0 Å². The summed E-state index contributed by atoms with van der Waals surface area (Å²) in [7, 11) is 0. The van der Waals surface area contributed by atoms with E-state index >= 15 is 0 Å². The lowest BCUT2D eigenvalue weighted by Crippen LogP contribution is -2.41. The SMILES string of the molecule is CCCN=C(NCC)N1CCC2(CCCCC2)C1. The molecule has 1 aliphatic carbocycles. The van der Waals surface area contributed by atoms with Crippen molar-refractivity contribution >= 4 is 5.96 Å². The second-order valence-corrected chi connectivity index (χ2v) is 5.97. The summed E-state index contributed by atoms with van der Waals surface area (Å²) in [5.74, 6) is 1.15. The molecule has 2 fully saturated rings. The van der Waals surface area contributed by atoms with Gasteiger partial charge in [-0.3, -0.25) is 4.99 Å². The molecule has 1 saturated carbocycles. The summed E-state index contributed by atoms with van der Waals surface area (Å²) < 4.78 is 0. The van der Waals surface area contributed by atoms with Gasteiger partial charge in [-0.05, 0) is 38.0 Å². The van der Waals surface area contributed by atoms with Crippen LogP contribution in [-0.2, 0) is 0 Å². The predicted molar refractivity (Wildman–Crippen MR) is 78.0 cm³/mol. The van der Waals surface area contributed by atoms with Crippen molar-refractivity contribution in [2.75, 3.05) is 26.2 Å². The van der Waals surface area contributed by atoms with Crippen molar-refractivity contribution < 1.29 is 0 Å². The van der Waals surface area contributed by atoms with Crippen LogP contribution in [0.15, 0.2) is 4.99 Å². The molecule has 1 N–H and O–H groups in total. The molecule has 104 valence electrons. The van der Waals surface area contributed by atoms with E-state index < -0.39 is 0 Å². The smallest absolute Gasteiger partial charge is 0.193 e. The molecule has 1 heterocycles.